The van der Waals surface area contributed by atoms with Gasteiger partial charge in [0.1, 0.15) is 0 Å². The van der Waals surface area contributed by atoms with Crippen LogP contribution in [0.4, 0.5) is 0 Å². The largest absolute Gasteiger partial charge is 0.412 e. The first kappa shape index (κ1) is 10.5. The van der Waals surface area contributed by atoms with Crippen LogP contribution in [0.25, 0.3) is 0 Å². The molecule has 1 fully saturated rings. The van der Waals surface area contributed by atoms with Crippen LogP contribution < -0.4 is 0 Å². The van der Waals surface area contributed by atoms with Crippen LogP contribution >= 0.6 is 0 Å². The van der Waals surface area contributed by atoms with Crippen LogP contribution in [0, 0.1) is 0 Å². The third-order valence-electron chi connectivity index (χ3n) is 0.827. The molecule has 1 radical (unpaired) electrons. The van der Waals surface area contributed by atoms with E-state index in [9.17, 15) is 0 Å². The van der Waals surface area contributed by atoms with Gasteiger partial charge in [-0.25, -0.2) is 0 Å². The Balaban J connectivity index is 0. The average Bonchev–Trinajstić information content (AvgIpc) is 1.76. The summed E-state index contributed by atoms with van der Waals surface area (Å²) in [5.41, 5.74) is 0. The van der Waals surface area contributed by atoms with E-state index in [1.54, 1.807) is 0 Å². The Morgan fingerprint density at radius 2 is 1.43 bits per heavy atom. The molecule has 0 aromatic rings. The molecule has 0 aromatic heterocycles. The quantitative estimate of drug-likeness (QED) is 0.379. The predicted octanol–water partition coefficient (Wildman–Crippen LogP) is -0.409. The zero-order valence-electron chi connectivity index (χ0n) is 4.74. The average molecular weight is 97.1 g/mol. The smallest absolute Gasteiger partial charge is 0.0466 e. The summed E-state index contributed by atoms with van der Waals surface area (Å²) in [5.74, 6) is 0. The molecule has 0 aliphatic carbocycles. The second kappa shape index (κ2) is 6.52. The molecule has 0 saturated carbocycles. The van der Waals surface area contributed by atoms with Crippen LogP contribution in [0.5, 0.6) is 0 Å². The van der Waals surface area contributed by atoms with Gasteiger partial charge < -0.3 is 10.2 Å². The standard InChI is InChI=1S/C4H8O.Li.H2O/c1-2-4-5-3-1;;/h1-4H2;;1H2. The van der Waals surface area contributed by atoms with E-state index in [2.05, 4.69) is 0 Å². The van der Waals surface area contributed by atoms with E-state index in [0.717, 1.165) is 13.2 Å². The molecule has 0 unspecified atom stereocenters. The van der Waals surface area contributed by atoms with Gasteiger partial charge in [-0.3, -0.25) is 0 Å². The van der Waals surface area contributed by atoms with Gasteiger partial charge in [0.05, 0.1) is 0 Å². The summed E-state index contributed by atoms with van der Waals surface area (Å²) in [6.07, 6.45) is 2.56. The molecule has 0 amide bonds. The summed E-state index contributed by atoms with van der Waals surface area (Å²) < 4.78 is 4.94. The van der Waals surface area contributed by atoms with E-state index < -0.39 is 0 Å². The van der Waals surface area contributed by atoms with Crippen LogP contribution in [0.15, 0.2) is 0 Å². The molecule has 0 atom stereocenters. The number of hydrogen-bond donors (Lipinski definition) is 0. The van der Waals surface area contributed by atoms with Crippen molar-refractivity contribution in [1.29, 1.82) is 0 Å². The van der Waals surface area contributed by atoms with E-state index in [4.69, 9.17) is 4.74 Å². The summed E-state index contributed by atoms with van der Waals surface area (Å²) >= 11 is 0. The Morgan fingerprint density at radius 3 is 1.57 bits per heavy atom. The minimum absolute atomic E-state index is 0. The Morgan fingerprint density at radius 1 is 1.00 bits per heavy atom. The fourth-order valence-corrected chi connectivity index (χ4v) is 0.510. The van der Waals surface area contributed by atoms with Crippen LogP contribution in [-0.2, 0) is 4.74 Å². The van der Waals surface area contributed by atoms with Gasteiger partial charge in [0, 0.05) is 32.1 Å². The molecule has 7 heavy (non-hydrogen) atoms. The molecule has 1 saturated heterocycles. The topological polar surface area (TPSA) is 40.7 Å². The van der Waals surface area contributed by atoms with E-state index in [1.807, 2.05) is 0 Å². The summed E-state index contributed by atoms with van der Waals surface area (Å²) in [6, 6.07) is 0. The van der Waals surface area contributed by atoms with Gasteiger partial charge in [0.25, 0.3) is 0 Å². The molecule has 2 nitrogen and oxygen atoms in total. The maximum absolute atomic E-state index is 4.94. The molecule has 1 aliphatic heterocycles. The number of ether oxygens (including phenoxy) is 1. The van der Waals surface area contributed by atoms with Crippen molar-refractivity contribution in [2.45, 2.75) is 12.8 Å². The Kier molecular flexibility index (Phi) is 9.77. The molecular weight excluding hydrogens is 87.0 g/mol. The summed E-state index contributed by atoms with van der Waals surface area (Å²) in [5, 5.41) is 0. The molecule has 0 bridgehead atoms. The Bertz CT molecular complexity index is 21.3. The zero-order chi connectivity index (χ0) is 3.54. The molecule has 1 heterocycles. The van der Waals surface area contributed by atoms with Gasteiger partial charge in [-0.05, 0) is 12.8 Å². The monoisotopic (exact) mass is 97.1 g/mol. The van der Waals surface area contributed by atoms with Crippen molar-refractivity contribution < 1.29 is 10.2 Å². The molecule has 2 N–H and O–H groups in total. The first-order valence-electron chi connectivity index (χ1n) is 2.08. The van der Waals surface area contributed by atoms with E-state index in [-0.39, 0.29) is 24.3 Å². The maximum Gasteiger partial charge on any atom is 0.0466 e. The Labute approximate surface area is 55.7 Å². The van der Waals surface area contributed by atoms with E-state index >= 15 is 0 Å². The minimum atomic E-state index is 0. The van der Waals surface area contributed by atoms with Gasteiger partial charge in [-0.2, -0.15) is 0 Å². The molecule has 1 rings (SSSR count). The van der Waals surface area contributed by atoms with Gasteiger partial charge in [0.15, 0.2) is 0 Å². The van der Waals surface area contributed by atoms with Crippen molar-refractivity contribution in [2.75, 3.05) is 13.2 Å². The van der Waals surface area contributed by atoms with Crippen molar-refractivity contribution in [3.05, 3.63) is 0 Å². The van der Waals surface area contributed by atoms with Gasteiger partial charge in [-0.1, -0.05) is 0 Å². The van der Waals surface area contributed by atoms with Crippen molar-refractivity contribution in [2.24, 2.45) is 0 Å². The summed E-state index contributed by atoms with van der Waals surface area (Å²) in [7, 11) is 0. The molecule has 1 aliphatic rings. The van der Waals surface area contributed by atoms with Gasteiger partial charge in [-0.15, -0.1) is 0 Å². The predicted molar refractivity (Wildman–Crippen MR) is 29.4 cm³/mol. The molecule has 0 spiro atoms. The minimum Gasteiger partial charge on any atom is -0.412 e. The van der Waals surface area contributed by atoms with Crippen LogP contribution in [-0.4, -0.2) is 37.6 Å². The third kappa shape index (κ3) is 4.37. The van der Waals surface area contributed by atoms with Crippen molar-refractivity contribution in [3.63, 3.8) is 0 Å². The van der Waals surface area contributed by atoms with Crippen LogP contribution in [0.1, 0.15) is 12.8 Å². The normalized spacial score (nSPS) is 17.1. The van der Waals surface area contributed by atoms with E-state index in [0.29, 0.717) is 0 Å². The van der Waals surface area contributed by atoms with Gasteiger partial charge >= 0.3 is 0 Å². The zero-order valence-corrected chi connectivity index (χ0v) is 4.74. The number of rotatable bonds is 0. The fourth-order valence-electron chi connectivity index (χ4n) is 0.510. The maximum atomic E-state index is 4.94. The Hall–Kier alpha value is 0.517. The van der Waals surface area contributed by atoms with Crippen LogP contribution in [0.2, 0.25) is 0 Å². The fraction of sp³-hybridized carbons (Fsp3) is 1.00. The van der Waals surface area contributed by atoms with Crippen LogP contribution in [0.3, 0.4) is 0 Å². The molecule has 3 heteroatoms. The third-order valence-corrected chi connectivity index (χ3v) is 0.827. The summed E-state index contributed by atoms with van der Waals surface area (Å²) in [4.78, 5) is 0. The van der Waals surface area contributed by atoms with Crippen molar-refractivity contribution >= 4 is 18.9 Å². The van der Waals surface area contributed by atoms with Crippen molar-refractivity contribution in [3.8, 4) is 0 Å². The van der Waals surface area contributed by atoms with E-state index in [1.165, 1.54) is 12.8 Å². The summed E-state index contributed by atoms with van der Waals surface area (Å²) in [6.45, 7) is 2.00. The first-order valence-corrected chi connectivity index (χ1v) is 2.08. The second-order valence-electron chi connectivity index (χ2n) is 1.32. The van der Waals surface area contributed by atoms with Gasteiger partial charge in [0.2, 0.25) is 0 Å². The second-order valence-corrected chi connectivity index (χ2v) is 1.32. The number of hydrogen-bond acceptors (Lipinski definition) is 1. The molecule has 39 valence electrons. The van der Waals surface area contributed by atoms with Crippen molar-refractivity contribution in [1.82, 2.24) is 0 Å². The molecule has 0 aromatic carbocycles. The molecular formula is C4H10LiO2. The SMILES string of the molecule is C1CCOC1.O.[Li]. The first-order chi connectivity index (χ1) is 2.50.